The van der Waals surface area contributed by atoms with Crippen LogP contribution in [0.4, 0.5) is 0 Å². The molecule has 37 heavy (non-hydrogen) atoms. The number of fused-ring (bicyclic) bond motifs is 1. The van der Waals surface area contributed by atoms with E-state index in [0.29, 0.717) is 30.6 Å². The second-order valence-electron chi connectivity index (χ2n) is 10.3. The van der Waals surface area contributed by atoms with E-state index in [0.717, 1.165) is 42.1 Å². The topological polar surface area (TPSA) is 65.8 Å². The summed E-state index contributed by atoms with van der Waals surface area (Å²) in [7, 11) is 0. The molecule has 3 aromatic rings. The molecule has 7 heteroatoms. The summed E-state index contributed by atoms with van der Waals surface area (Å²) < 4.78 is 5.57. The number of hydrogen-bond acceptors (Lipinski definition) is 5. The summed E-state index contributed by atoms with van der Waals surface area (Å²) in [6.07, 6.45) is 3.60. The SMILES string of the molecule is CC[C@H](C)N(CCCNC(=O)[C@@H]1c2ccccc2C(=O)N(CC(C)C)[C@@H]1c1cccs1)Cc1ccco1. The van der Waals surface area contributed by atoms with Crippen LogP contribution in [0.15, 0.2) is 64.6 Å². The zero-order valence-electron chi connectivity index (χ0n) is 22.4. The van der Waals surface area contributed by atoms with Crippen molar-refractivity contribution in [3.63, 3.8) is 0 Å². The number of amides is 2. The minimum absolute atomic E-state index is 0.00821. The van der Waals surface area contributed by atoms with Gasteiger partial charge in [0.05, 0.1) is 24.8 Å². The third-order valence-electron chi connectivity index (χ3n) is 7.19. The van der Waals surface area contributed by atoms with Crippen molar-refractivity contribution in [1.82, 2.24) is 15.1 Å². The molecular weight excluding hydrogens is 482 g/mol. The number of thiophene rings is 1. The molecule has 2 aromatic heterocycles. The molecular formula is C30H39N3O3S. The normalized spacial score (nSPS) is 18.3. The van der Waals surface area contributed by atoms with Gasteiger partial charge in [-0.15, -0.1) is 11.3 Å². The Morgan fingerprint density at radius 1 is 1.14 bits per heavy atom. The molecule has 1 aliphatic rings. The fraction of sp³-hybridized carbons (Fsp3) is 0.467. The van der Waals surface area contributed by atoms with Crippen LogP contribution in [0.3, 0.4) is 0 Å². The molecule has 3 atom stereocenters. The van der Waals surface area contributed by atoms with Crippen molar-refractivity contribution in [2.75, 3.05) is 19.6 Å². The van der Waals surface area contributed by atoms with Gasteiger partial charge in [0.25, 0.3) is 5.91 Å². The minimum atomic E-state index is -0.444. The Labute approximate surface area is 224 Å². The third kappa shape index (κ3) is 6.33. The van der Waals surface area contributed by atoms with Crippen LogP contribution in [0.25, 0.3) is 0 Å². The molecule has 0 saturated heterocycles. The maximum absolute atomic E-state index is 13.8. The first-order valence-electron chi connectivity index (χ1n) is 13.4. The lowest BCUT2D eigenvalue weighted by molar-refractivity contribution is -0.124. The van der Waals surface area contributed by atoms with Gasteiger partial charge in [-0.25, -0.2) is 0 Å². The highest BCUT2D eigenvalue weighted by Crippen LogP contribution is 2.44. The quantitative estimate of drug-likeness (QED) is 0.293. The molecule has 1 aliphatic heterocycles. The molecule has 0 bridgehead atoms. The lowest BCUT2D eigenvalue weighted by Gasteiger charge is -2.42. The second-order valence-corrected chi connectivity index (χ2v) is 11.3. The van der Waals surface area contributed by atoms with Crippen molar-refractivity contribution in [2.45, 2.75) is 65.1 Å². The van der Waals surface area contributed by atoms with Gasteiger partial charge >= 0.3 is 0 Å². The molecule has 0 saturated carbocycles. The van der Waals surface area contributed by atoms with Gasteiger partial charge in [-0.3, -0.25) is 14.5 Å². The van der Waals surface area contributed by atoms with Gasteiger partial charge in [-0.1, -0.05) is 45.0 Å². The van der Waals surface area contributed by atoms with Gasteiger partial charge in [0.15, 0.2) is 0 Å². The number of carbonyl (C=O) groups excluding carboxylic acids is 2. The van der Waals surface area contributed by atoms with E-state index in [2.05, 4.69) is 37.9 Å². The number of rotatable bonds is 12. The number of carbonyl (C=O) groups is 2. The van der Waals surface area contributed by atoms with Crippen LogP contribution in [0, 0.1) is 5.92 Å². The summed E-state index contributed by atoms with van der Waals surface area (Å²) in [4.78, 5) is 32.8. The molecule has 3 heterocycles. The molecule has 0 aliphatic carbocycles. The number of furan rings is 1. The van der Waals surface area contributed by atoms with Gasteiger partial charge in [0.1, 0.15) is 5.76 Å². The lowest BCUT2D eigenvalue weighted by atomic mass is 9.81. The van der Waals surface area contributed by atoms with E-state index in [1.165, 1.54) is 0 Å². The van der Waals surface area contributed by atoms with E-state index in [1.807, 2.05) is 58.8 Å². The molecule has 0 radical (unpaired) electrons. The van der Waals surface area contributed by atoms with Crippen molar-refractivity contribution in [1.29, 1.82) is 0 Å². The van der Waals surface area contributed by atoms with E-state index in [-0.39, 0.29) is 17.9 Å². The summed E-state index contributed by atoms with van der Waals surface area (Å²) in [5.41, 5.74) is 1.46. The van der Waals surface area contributed by atoms with Crippen LogP contribution >= 0.6 is 11.3 Å². The molecule has 2 amide bonds. The first kappa shape index (κ1) is 27.1. The van der Waals surface area contributed by atoms with Gasteiger partial charge < -0.3 is 14.6 Å². The maximum atomic E-state index is 13.8. The van der Waals surface area contributed by atoms with Crippen molar-refractivity contribution >= 4 is 23.2 Å². The molecule has 1 N–H and O–H groups in total. The van der Waals surface area contributed by atoms with Crippen LogP contribution in [-0.2, 0) is 11.3 Å². The summed E-state index contributed by atoms with van der Waals surface area (Å²) >= 11 is 1.61. The Hall–Kier alpha value is -2.90. The molecule has 6 nitrogen and oxygen atoms in total. The highest BCUT2D eigenvalue weighted by atomic mass is 32.1. The van der Waals surface area contributed by atoms with Gasteiger partial charge in [0.2, 0.25) is 5.91 Å². The lowest BCUT2D eigenvalue weighted by Crippen LogP contribution is -2.48. The molecule has 4 rings (SSSR count). The Morgan fingerprint density at radius 3 is 2.62 bits per heavy atom. The fourth-order valence-electron chi connectivity index (χ4n) is 5.17. The van der Waals surface area contributed by atoms with Crippen molar-refractivity contribution < 1.29 is 14.0 Å². The van der Waals surface area contributed by atoms with Crippen LogP contribution in [0.2, 0.25) is 0 Å². The van der Waals surface area contributed by atoms with Gasteiger partial charge in [-0.05, 0) is 60.9 Å². The van der Waals surface area contributed by atoms with Gasteiger partial charge in [0, 0.05) is 36.1 Å². The molecule has 0 spiro atoms. The van der Waals surface area contributed by atoms with Crippen LogP contribution < -0.4 is 5.32 Å². The van der Waals surface area contributed by atoms with Crippen molar-refractivity contribution in [2.24, 2.45) is 5.92 Å². The molecule has 198 valence electrons. The number of benzene rings is 1. The van der Waals surface area contributed by atoms with Gasteiger partial charge in [-0.2, -0.15) is 0 Å². The fourth-order valence-corrected chi connectivity index (χ4v) is 6.04. The van der Waals surface area contributed by atoms with Crippen LogP contribution in [-0.4, -0.2) is 47.3 Å². The van der Waals surface area contributed by atoms with Crippen molar-refractivity contribution in [3.05, 3.63) is 81.9 Å². The monoisotopic (exact) mass is 521 g/mol. The second kappa shape index (κ2) is 12.6. The van der Waals surface area contributed by atoms with Crippen molar-refractivity contribution in [3.8, 4) is 0 Å². The van der Waals surface area contributed by atoms with Crippen LogP contribution in [0.1, 0.15) is 79.1 Å². The van der Waals surface area contributed by atoms with E-state index in [9.17, 15) is 9.59 Å². The average Bonchev–Trinajstić information content (AvgIpc) is 3.61. The zero-order valence-corrected chi connectivity index (χ0v) is 23.2. The highest BCUT2D eigenvalue weighted by Gasteiger charge is 2.44. The predicted molar refractivity (Wildman–Crippen MR) is 149 cm³/mol. The first-order chi connectivity index (χ1) is 17.9. The summed E-state index contributed by atoms with van der Waals surface area (Å²) in [5, 5.41) is 5.24. The Kier molecular flexibility index (Phi) is 9.22. The minimum Gasteiger partial charge on any atom is -0.468 e. The molecule has 0 fully saturated rings. The van der Waals surface area contributed by atoms with E-state index in [1.54, 1.807) is 17.6 Å². The average molecular weight is 522 g/mol. The highest BCUT2D eigenvalue weighted by molar-refractivity contribution is 7.10. The first-order valence-corrected chi connectivity index (χ1v) is 14.3. The zero-order chi connectivity index (χ0) is 26.4. The van der Waals surface area contributed by atoms with E-state index >= 15 is 0 Å². The number of nitrogens with one attached hydrogen (secondary N) is 1. The number of nitrogens with zero attached hydrogens (tertiary/aromatic N) is 2. The van der Waals surface area contributed by atoms with E-state index < -0.39 is 5.92 Å². The Morgan fingerprint density at radius 2 is 1.95 bits per heavy atom. The maximum Gasteiger partial charge on any atom is 0.254 e. The summed E-state index contributed by atoms with van der Waals surface area (Å²) in [5.74, 6) is 0.792. The summed E-state index contributed by atoms with van der Waals surface area (Å²) in [6.45, 7) is 11.5. The third-order valence-corrected chi connectivity index (χ3v) is 8.14. The van der Waals surface area contributed by atoms with E-state index in [4.69, 9.17) is 4.42 Å². The Balaban J connectivity index is 1.51. The number of hydrogen-bond donors (Lipinski definition) is 1. The largest absolute Gasteiger partial charge is 0.468 e. The predicted octanol–water partition coefficient (Wildman–Crippen LogP) is 6.08. The Bertz CT molecular complexity index is 1140. The van der Waals surface area contributed by atoms with Crippen LogP contribution in [0.5, 0.6) is 0 Å². The standard InChI is InChI=1S/C30H39N3O3S/c1-5-22(4)32(20-23-11-8-17-36-23)16-10-15-31-29(34)27-24-12-6-7-13-25(24)30(35)33(19-21(2)3)28(27)26-14-9-18-37-26/h6-9,11-14,17-18,21-22,27-28H,5,10,15-16,19-20H2,1-4H3,(H,31,34)/t22-,27+,28+/m0/s1. The summed E-state index contributed by atoms with van der Waals surface area (Å²) in [6, 6.07) is 15.7. The smallest absolute Gasteiger partial charge is 0.254 e. The molecule has 0 unspecified atom stereocenters. The molecule has 1 aromatic carbocycles.